The lowest BCUT2D eigenvalue weighted by Crippen LogP contribution is -2.54. The topological polar surface area (TPSA) is 29.3 Å². The minimum absolute atomic E-state index is 0.348. The Morgan fingerprint density at radius 1 is 1.06 bits per heavy atom. The van der Waals surface area contributed by atoms with Gasteiger partial charge in [0.25, 0.3) is 0 Å². The first kappa shape index (κ1) is 12.4. The molecule has 0 bridgehead atoms. The van der Waals surface area contributed by atoms with Crippen molar-refractivity contribution in [1.29, 1.82) is 0 Å². The minimum atomic E-state index is 0.348. The number of nitrogens with two attached hydrogens (primary N) is 1. The van der Waals surface area contributed by atoms with Crippen LogP contribution in [0.4, 0.5) is 0 Å². The molecule has 2 fully saturated rings. The molecule has 94 valence electrons. The Kier molecular flexibility index (Phi) is 4.26. The van der Waals surface area contributed by atoms with E-state index in [2.05, 4.69) is 11.9 Å². The first-order valence-electron chi connectivity index (χ1n) is 7.18. The van der Waals surface area contributed by atoms with Crippen LogP contribution in [0.25, 0.3) is 0 Å². The summed E-state index contributed by atoms with van der Waals surface area (Å²) >= 11 is 0. The van der Waals surface area contributed by atoms with Crippen LogP contribution in [0, 0.1) is 5.92 Å². The zero-order valence-electron chi connectivity index (χ0n) is 10.9. The molecular formula is C14H28N2. The Hall–Kier alpha value is -0.0800. The third-order valence-electron chi connectivity index (χ3n) is 4.98. The Bertz CT molecular complexity index is 203. The highest BCUT2D eigenvalue weighted by atomic mass is 15.2. The van der Waals surface area contributed by atoms with Gasteiger partial charge in [-0.25, -0.2) is 0 Å². The maximum Gasteiger partial charge on any atom is 0.0328 e. The second kappa shape index (κ2) is 5.50. The smallest absolute Gasteiger partial charge is 0.0328 e. The van der Waals surface area contributed by atoms with E-state index >= 15 is 0 Å². The summed E-state index contributed by atoms with van der Waals surface area (Å²) in [7, 11) is 2.32. The van der Waals surface area contributed by atoms with Gasteiger partial charge in [0.15, 0.2) is 0 Å². The molecule has 0 heterocycles. The Balaban J connectivity index is 1.91. The van der Waals surface area contributed by atoms with Crippen molar-refractivity contribution >= 4 is 0 Å². The highest BCUT2D eigenvalue weighted by molar-refractivity contribution is 4.93. The van der Waals surface area contributed by atoms with Gasteiger partial charge in [-0.05, 0) is 38.6 Å². The Morgan fingerprint density at radius 3 is 2.25 bits per heavy atom. The van der Waals surface area contributed by atoms with E-state index in [9.17, 15) is 0 Å². The van der Waals surface area contributed by atoms with Crippen molar-refractivity contribution in [3.8, 4) is 0 Å². The van der Waals surface area contributed by atoms with Crippen molar-refractivity contribution < 1.29 is 0 Å². The van der Waals surface area contributed by atoms with E-state index in [1.54, 1.807) is 0 Å². The van der Waals surface area contributed by atoms with E-state index in [1.165, 1.54) is 64.3 Å². The fraction of sp³-hybridized carbons (Fsp3) is 1.00. The van der Waals surface area contributed by atoms with Crippen molar-refractivity contribution in [3.63, 3.8) is 0 Å². The largest absolute Gasteiger partial charge is 0.329 e. The molecule has 0 saturated heterocycles. The van der Waals surface area contributed by atoms with Crippen LogP contribution in [0.15, 0.2) is 0 Å². The summed E-state index contributed by atoms with van der Waals surface area (Å²) in [4.78, 5) is 2.61. The van der Waals surface area contributed by atoms with Gasteiger partial charge in [0.2, 0.25) is 0 Å². The van der Waals surface area contributed by atoms with Gasteiger partial charge in [-0.1, -0.05) is 32.1 Å². The van der Waals surface area contributed by atoms with Crippen molar-refractivity contribution in [2.75, 3.05) is 20.1 Å². The first-order valence-corrected chi connectivity index (χ1v) is 7.18. The molecule has 16 heavy (non-hydrogen) atoms. The molecule has 0 aliphatic heterocycles. The van der Waals surface area contributed by atoms with Crippen LogP contribution in [-0.2, 0) is 0 Å². The average Bonchev–Trinajstić information content (AvgIpc) is 2.82. The summed E-state index contributed by atoms with van der Waals surface area (Å²) < 4.78 is 0. The van der Waals surface area contributed by atoms with Crippen LogP contribution in [0.5, 0.6) is 0 Å². The predicted octanol–water partition coefficient (Wildman–Crippen LogP) is 2.77. The van der Waals surface area contributed by atoms with Crippen LogP contribution >= 0.6 is 0 Å². The van der Waals surface area contributed by atoms with E-state index in [0.29, 0.717) is 5.54 Å². The fourth-order valence-electron chi connectivity index (χ4n) is 3.73. The molecule has 0 aromatic heterocycles. The van der Waals surface area contributed by atoms with Crippen LogP contribution in [-0.4, -0.2) is 30.6 Å². The van der Waals surface area contributed by atoms with Gasteiger partial charge in [0.1, 0.15) is 0 Å². The third kappa shape index (κ3) is 2.60. The SMILES string of the molecule is CN(CC1CCCC1)C1(CN)CCCCC1. The van der Waals surface area contributed by atoms with Crippen molar-refractivity contribution in [2.45, 2.75) is 63.3 Å². The van der Waals surface area contributed by atoms with Crippen molar-refractivity contribution in [2.24, 2.45) is 11.7 Å². The van der Waals surface area contributed by atoms with Gasteiger partial charge in [0, 0.05) is 18.6 Å². The van der Waals surface area contributed by atoms with Gasteiger partial charge >= 0.3 is 0 Å². The molecule has 2 N–H and O–H groups in total. The standard InChI is InChI=1S/C14H28N2/c1-16(11-13-7-3-4-8-13)14(12-15)9-5-2-6-10-14/h13H,2-12,15H2,1H3. The van der Waals surface area contributed by atoms with Gasteiger partial charge < -0.3 is 5.73 Å². The molecule has 2 rings (SSSR count). The third-order valence-corrected chi connectivity index (χ3v) is 4.98. The predicted molar refractivity (Wildman–Crippen MR) is 69.5 cm³/mol. The molecule has 0 aromatic rings. The van der Waals surface area contributed by atoms with E-state index in [-0.39, 0.29) is 0 Å². The molecular weight excluding hydrogens is 196 g/mol. The molecule has 0 amide bonds. The maximum absolute atomic E-state index is 6.07. The lowest BCUT2D eigenvalue weighted by molar-refractivity contribution is 0.0683. The summed E-state index contributed by atoms with van der Waals surface area (Å²) in [6.07, 6.45) is 12.6. The molecule has 0 radical (unpaired) electrons. The maximum atomic E-state index is 6.07. The van der Waals surface area contributed by atoms with Crippen LogP contribution in [0.1, 0.15) is 57.8 Å². The fourth-order valence-corrected chi connectivity index (χ4v) is 3.73. The molecule has 2 nitrogen and oxygen atoms in total. The van der Waals surface area contributed by atoms with Crippen molar-refractivity contribution in [1.82, 2.24) is 4.90 Å². The lowest BCUT2D eigenvalue weighted by Gasteiger charge is -2.45. The summed E-state index contributed by atoms with van der Waals surface area (Å²) in [5, 5.41) is 0. The summed E-state index contributed by atoms with van der Waals surface area (Å²) in [5.74, 6) is 0.954. The zero-order valence-corrected chi connectivity index (χ0v) is 10.9. The average molecular weight is 224 g/mol. The summed E-state index contributed by atoms with van der Waals surface area (Å²) in [6.45, 7) is 2.15. The highest BCUT2D eigenvalue weighted by Gasteiger charge is 2.35. The normalized spacial score (nSPS) is 26.4. The van der Waals surface area contributed by atoms with Crippen LogP contribution < -0.4 is 5.73 Å². The van der Waals surface area contributed by atoms with Crippen LogP contribution in [0.2, 0.25) is 0 Å². The molecule has 2 aliphatic rings. The second-order valence-electron chi connectivity index (χ2n) is 6.02. The van der Waals surface area contributed by atoms with E-state index in [4.69, 9.17) is 5.73 Å². The minimum Gasteiger partial charge on any atom is -0.329 e. The van der Waals surface area contributed by atoms with Gasteiger partial charge in [-0.2, -0.15) is 0 Å². The van der Waals surface area contributed by atoms with E-state index < -0.39 is 0 Å². The Labute approximate surface area is 101 Å². The van der Waals surface area contributed by atoms with E-state index in [0.717, 1.165) is 12.5 Å². The summed E-state index contributed by atoms with van der Waals surface area (Å²) in [6, 6.07) is 0. The second-order valence-corrected chi connectivity index (χ2v) is 6.02. The number of nitrogens with zero attached hydrogens (tertiary/aromatic N) is 1. The number of hydrogen-bond donors (Lipinski definition) is 1. The van der Waals surface area contributed by atoms with Gasteiger partial charge in [0.05, 0.1) is 0 Å². The molecule has 2 saturated carbocycles. The molecule has 0 spiro atoms. The molecule has 0 atom stereocenters. The first-order chi connectivity index (χ1) is 7.77. The van der Waals surface area contributed by atoms with Crippen LogP contribution in [0.3, 0.4) is 0 Å². The molecule has 0 unspecified atom stereocenters. The summed E-state index contributed by atoms with van der Waals surface area (Å²) in [5.41, 5.74) is 6.42. The molecule has 2 heteroatoms. The molecule has 2 aliphatic carbocycles. The number of hydrogen-bond acceptors (Lipinski definition) is 2. The number of likely N-dealkylation sites (N-methyl/N-ethyl adjacent to an activating group) is 1. The van der Waals surface area contributed by atoms with Gasteiger partial charge in [-0.15, -0.1) is 0 Å². The monoisotopic (exact) mass is 224 g/mol. The highest BCUT2D eigenvalue weighted by Crippen LogP contribution is 2.34. The molecule has 0 aromatic carbocycles. The lowest BCUT2D eigenvalue weighted by atomic mass is 9.80. The number of rotatable bonds is 4. The quantitative estimate of drug-likeness (QED) is 0.795. The van der Waals surface area contributed by atoms with Crippen molar-refractivity contribution in [3.05, 3.63) is 0 Å². The van der Waals surface area contributed by atoms with Gasteiger partial charge in [-0.3, -0.25) is 4.90 Å². The Morgan fingerprint density at radius 2 is 1.69 bits per heavy atom. The zero-order chi connectivity index (χ0) is 11.4. The van der Waals surface area contributed by atoms with E-state index in [1.807, 2.05) is 0 Å².